The van der Waals surface area contributed by atoms with Crippen molar-refractivity contribution in [2.45, 2.75) is 51.5 Å². The Morgan fingerprint density at radius 2 is 1.97 bits per heavy atom. The number of nitrogens with zero attached hydrogens (tertiary/aromatic N) is 3. The van der Waals surface area contributed by atoms with E-state index < -0.39 is 15.9 Å². The van der Waals surface area contributed by atoms with Crippen molar-refractivity contribution in [3.63, 3.8) is 0 Å². The van der Waals surface area contributed by atoms with Gasteiger partial charge in [-0.2, -0.15) is 9.40 Å². The highest BCUT2D eigenvalue weighted by Crippen LogP contribution is 2.31. The third-order valence-electron chi connectivity index (χ3n) is 5.41. The van der Waals surface area contributed by atoms with E-state index in [-0.39, 0.29) is 10.6 Å². The average Bonchev–Trinajstić information content (AvgIpc) is 3.04. The van der Waals surface area contributed by atoms with Crippen LogP contribution < -0.4 is 10.1 Å². The summed E-state index contributed by atoms with van der Waals surface area (Å²) in [5.74, 6) is 0.218. The molecule has 0 spiro atoms. The fraction of sp³-hybridized carbons (Fsp3) is 0.478. The zero-order valence-corrected chi connectivity index (χ0v) is 21.0. The number of aryl methyl sites for hydroxylation is 1. The molecule has 0 radical (unpaired) electrons. The van der Waals surface area contributed by atoms with Gasteiger partial charge in [-0.25, -0.2) is 8.42 Å². The van der Waals surface area contributed by atoms with Crippen LogP contribution in [0.4, 0.5) is 5.69 Å². The van der Waals surface area contributed by atoms with E-state index in [1.165, 1.54) is 23.6 Å². The topological polar surface area (TPSA) is 93.5 Å². The molecule has 8 nitrogen and oxygen atoms in total. The molecular formula is C23H31ClN4O4S. The van der Waals surface area contributed by atoms with Gasteiger partial charge in [-0.15, -0.1) is 0 Å². The van der Waals surface area contributed by atoms with E-state index in [0.29, 0.717) is 42.0 Å². The van der Waals surface area contributed by atoms with Crippen LogP contribution in [0.2, 0.25) is 5.15 Å². The molecule has 33 heavy (non-hydrogen) atoms. The quantitative estimate of drug-likeness (QED) is 0.551. The number of piperidine rings is 1. The first kappa shape index (κ1) is 25.3. The SMILES string of the molecule is COc1ccc(NC(=O)/C=C/c2c(C)nn(CC(C)C)c2Cl)cc1S(=O)(=O)N1CCCCC1. The van der Waals surface area contributed by atoms with Crippen LogP contribution in [0.25, 0.3) is 6.08 Å². The molecule has 0 aliphatic carbocycles. The van der Waals surface area contributed by atoms with Crippen molar-refractivity contribution in [1.82, 2.24) is 14.1 Å². The smallest absolute Gasteiger partial charge is 0.248 e. The first-order valence-electron chi connectivity index (χ1n) is 11.0. The van der Waals surface area contributed by atoms with Gasteiger partial charge in [0.05, 0.1) is 12.8 Å². The van der Waals surface area contributed by atoms with E-state index in [0.717, 1.165) is 25.0 Å². The van der Waals surface area contributed by atoms with Crippen molar-refractivity contribution in [2.75, 3.05) is 25.5 Å². The number of carbonyl (C=O) groups excluding carboxylic acids is 1. The van der Waals surface area contributed by atoms with Crippen LogP contribution in [0.1, 0.15) is 44.4 Å². The minimum Gasteiger partial charge on any atom is -0.495 e. The number of amides is 1. The van der Waals surface area contributed by atoms with E-state index in [4.69, 9.17) is 16.3 Å². The van der Waals surface area contributed by atoms with Crippen molar-refractivity contribution in [3.8, 4) is 5.75 Å². The van der Waals surface area contributed by atoms with Crippen LogP contribution in [-0.2, 0) is 21.4 Å². The first-order valence-corrected chi connectivity index (χ1v) is 12.9. The molecule has 0 unspecified atom stereocenters. The Bertz CT molecular complexity index is 1140. The minimum atomic E-state index is -3.73. The van der Waals surface area contributed by atoms with Gasteiger partial charge >= 0.3 is 0 Å². The Kier molecular flexibility index (Phi) is 8.20. The Labute approximate surface area is 200 Å². The summed E-state index contributed by atoms with van der Waals surface area (Å²) in [7, 11) is -2.30. The van der Waals surface area contributed by atoms with Crippen LogP contribution in [0.15, 0.2) is 29.2 Å². The molecule has 1 aliphatic heterocycles. The molecule has 1 saturated heterocycles. The third kappa shape index (κ3) is 5.96. The maximum Gasteiger partial charge on any atom is 0.248 e. The molecule has 10 heteroatoms. The summed E-state index contributed by atoms with van der Waals surface area (Å²) < 4.78 is 34.8. The highest BCUT2D eigenvalue weighted by molar-refractivity contribution is 7.89. The lowest BCUT2D eigenvalue weighted by Crippen LogP contribution is -2.35. The Hall–Kier alpha value is -2.36. The number of nitrogens with one attached hydrogen (secondary N) is 1. The normalized spacial score (nSPS) is 15.3. The van der Waals surface area contributed by atoms with Gasteiger partial charge in [0.1, 0.15) is 15.8 Å². The van der Waals surface area contributed by atoms with E-state index in [1.54, 1.807) is 22.9 Å². The van der Waals surface area contributed by atoms with E-state index in [1.807, 2.05) is 6.92 Å². The predicted molar refractivity (Wildman–Crippen MR) is 130 cm³/mol. The largest absolute Gasteiger partial charge is 0.495 e. The van der Waals surface area contributed by atoms with Crippen LogP contribution in [0.3, 0.4) is 0 Å². The number of ether oxygens (including phenoxy) is 1. The second kappa shape index (κ2) is 10.7. The summed E-state index contributed by atoms with van der Waals surface area (Å²) >= 11 is 6.43. The number of rotatable bonds is 8. The number of methoxy groups -OCH3 is 1. The third-order valence-corrected chi connectivity index (χ3v) is 7.73. The van der Waals surface area contributed by atoms with E-state index in [9.17, 15) is 13.2 Å². The molecule has 1 aliphatic rings. The molecule has 0 saturated carbocycles. The molecule has 2 aromatic rings. The number of aromatic nitrogens is 2. The summed E-state index contributed by atoms with van der Waals surface area (Å²) in [6.07, 6.45) is 5.66. The van der Waals surface area contributed by atoms with Crippen molar-refractivity contribution in [2.24, 2.45) is 5.92 Å². The molecule has 1 fully saturated rings. The lowest BCUT2D eigenvalue weighted by molar-refractivity contribution is -0.111. The Balaban J connectivity index is 1.79. The van der Waals surface area contributed by atoms with Crippen LogP contribution in [-0.4, -0.2) is 48.6 Å². The second-order valence-corrected chi connectivity index (χ2v) is 10.8. The van der Waals surface area contributed by atoms with E-state index >= 15 is 0 Å². The summed E-state index contributed by atoms with van der Waals surface area (Å²) in [5, 5.41) is 7.63. The van der Waals surface area contributed by atoms with Crippen molar-refractivity contribution in [3.05, 3.63) is 40.7 Å². The molecule has 1 N–H and O–H groups in total. The molecule has 3 rings (SSSR count). The summed E-state index contributed by atoms with van der Waals surface area (Å²) in [4.78, 5) is 12.6. The fourth-order valence-electron chi connectivity index (χ4n) is 3.77. The fourth-order valence-corrected chi connectivity index (χ4v) is 5.77. The van der Waals surface area contributed by atoms with Crippen molar-refractivity contribution >= 4 is 39.3 Å². The van der Waals surface area contributed by atoms with Crippen LogP contribution >= 0.6 is 11.6 Å². The second-order valence-electron chi connectivity index (χ2n) is 8.52. The molecule has 1 aromatic carbocycles. The number of carbonyl (C=O) groups is 1. The molecule has 0 atom stereocenters. The van der Waals surface area contributed by atoms with Gasteiger partial charge in [-0.05, 0) is 50.0 Å². The first-order chi connectivity index (χ1) is 15.6. The zero-order valence-electron chi connectivity index (χ0n) is 19.5. The van der Waals surface area contributed by atoms with Gasteiger partial charge in [0.2, 0.25) is 15.9 Å². The number of halogens is 1. The van der Waals surface area contributed by atoms with Crippen LogP contribution in [0.5, 0.6) is 5.75 Å². The minimum absolute atomic E-state index is 0.0440. The van der Waals surface area contributed by atoms with Crippen LogP contribution in [0, 0.1) is 12.8 Å². The molecule has 0 bridgehead atoms. The van der Waals surface area contributed by atoms with Gasteiger partial charge in [0, 0.05) is 37.0 Å². The maximum absolute atomic E-state index is 13.2. The molecule has 1 amide bonds. The predicted octanol–water partition coefficient (Wildman–Crippen LogP) is 4.34. The van der Waals surface area contributed by atoms with Gasteiger partial charge in [-0.1, -0.05) is 31.9 Å². The number of benzene rings is 1. The molecule has 180 valence electrons. The summed E-state index contributed by atoms with van der Waals surface area (Å²) in [6, 6.07) is 4.60. The maximum atomic E-state index is 13.2. The lowest BCUT2D eigenvalue weighted by atomic mass is 10.2. The number of sulfonamides is 1. The number of hydrogen-bond donors (Lipinski definition) is 1. The summed E-state index contributed by atoms with van der Waals surface area (Å²) in [5.41, 5.74) is 1.76. The Morgan fingerprint density at radius 3 is 2.61 bits per heavy atom. The Morgan fingerprint density at radius 1 is 1.27 bits per heavy atom. The van der Waals surface area contributed by atoms with Crippen molar-refractivity contribution in [1.29, 1.82) is 0 Å². The molecular weight excluding hydrogens is 464 g/mol. The van der Waals surface area contributed by atoms with Gasteiger partial charge < -0.3 is 10.1 Å². The highest BCUT2D eigenvalue weighted by Gasteiger charge is 2.29. The van der Waals surface area contributed by atoms with Crippen molar-refractivity contribution < 1.29 is 17.9 Å². The zero-order chi connectivity index (χ0) is 24.2. The number of hydrogen-bond acceptors (Lipinski definition) is 5. The van der Waals surface area contributed by atoms with Gasteiger partial charge in [-0.3, -0.25) is 9.48 Å². The van der Waals surface area contributed by atoms with Gasteiger partial charge in [0.25, 0.3) is 0 Å². The lowest BCUT2D eigenvalue weighted by Gasteiger charge is -2.26. The summed E-state index contributed by atoms with van der Waals surface area (Å²) in [6.45, 7) is 7.63. The molecule has 2 heterocycles. The van der Waals surface area contributed by atoms with Gasteiger partial charge in [0.15, 0.2) is 0 Å². The highest BCUT2D eigenvalue weighted by atomic mass is 35.5. The monoisotopic (exact) mass is 494 g/mol. The average molecular weight is 495 g/mol. The standard InChI is InChI=1S/C23H31ClN4O4S/c1-16(2)15-28-23(24)19(17(3)26-28)9-11-22(29)25-18-8-10-20(32-4)21(14-18)33(30,31)27-12-6-5-7-13-27/h8-11,14,16H,5-7,12-13,15H2,1-4H3,(H,25,29)/b11-9+. The van der Waals surface area contributed by atoms with E-state index in [2.05, 4.69) is 24.3 Å². The number of anilines is 1. The molecule has 1 aromatic heterocycles.